The van der Waals surface area contributed by atoms with Crippen LogP contribution >= 0.6 is 0 Å². The Morgan fingerprint density at radius 3 is 2.57 bits per heavy atom. The summed E-state index contributed by atoms with van der Waals surface area (Å²) in [6.45, 7) is 1.35. The van der Waals surface area contributed by atoms with Gasteiger partial charge in [0.2, 0.25) is 0 Å². The molecule has 0 spiro atoms. The van der Waals surface area contributed by atoms with Crippen LogP contribution in [0.15, 0.2) is 66.7 Å². The van der Waals surface area contributed by atoms with Crippen molar-refractivity contribution in [2.45, 2.75) is 25.9 Å². The van der Waals surface area contributed by atoms with Crippen LogP contribution in [0.4, 0.5) is 0 Å². The van der Waals surface area contributed by atoms with Crippen molar-refractivity contribution in [2.75, 3.05) is 13.7 Å². The predicted molar refractivity (Wildman–Crippen MR) is 114 cm³/mol. The Bertz CT molecular complexity index is 934. The van der Waals surface area contributed by atoms with Crippen molar-refractivity contribution in [3.05, 3.63) is 83.4 Å². The van der Waals surface area contributed by atoms with Gasteiger partial charge in [-0.15, -0.1) is 0 Å². The number of fused-ring (bicyclic) bond motifs is 1. The van der Waals surface area contributed by atoms with Crippen molar-refractivity contribution in [2.24, 2.45) is 11.7 Å². The van der Waals surface area contributed by atoms with E-state index in [-0.39, 0.29) is 0 Å². The van der Waals surface area contributed by atoms with Crippen LogP contribution < -0.4 is 15.2 Å². The van der Waals surface area contributed by atoms with Crippen LogP contribution in [-0.2, 0) is 19.4 Å². The minimum absolute atomic E-state index is 0.566. The van der Waals surface area contributed by atoms with Gasteiger partial charge in [-0.2, -0.15) is 0 Å². The van der Waals surface area contributed by atoms with Crippen LogP contribution in [0.3, 0.4) is 0 Å². The molecule has 0 aromatic heterocycles. The third kappa shape index (κ3) is 4.05. The maximum Gasteiger partial charge on any atom is 0.126 e. The molecule has 1 unspecified atom stereocenters. The van der Waals surface area contributed by atoms with Crippen molar-refractivity contribution in [3.63, 3.8) is 0 Å². The number of aryl methyl sites for hydroxylation is 1. The van der Waals surface area contributed by atoms with Gasteiger partial charge in [-0.25, -0.2) is 0 Å². The molecule has 0 fully saturated rings. The van der Waals surface area contributed by atoms with Crippen molar-refractivity contribution in [1.29, 1.82) is 0 Å². The molecule has 0 amide bonds. The van der Waals surface area contributed by atoms with Gasteiger partial charge >= 0.3 is 0 Å². The van der Waals surface area contributed by atoms with Crippen molar-refractivity contribution < 1.29 is 9.47 Å². The smallest absolute Gasteiger partial charge is 0.126 e. The Kier molecular flexibility index (Phi) is 5.63. The molecule has 2 N–H and O–H groups in total. The first-order valence-electron chi connectivity index (χ1n) is 9.94. The van der Waals surface area contributed by atoms with E-state index in [1.807, 2.05) is 18.2 Å². The quantitative estimate of drug-likeness (QED) is 0.661. The van der Waals surface area contributed by atoms with Crippen LogP contribution in [-0.4, -0.2) is 13.7 Å². The molecule has 1 atom stereocenters. The van der Waals surface area contributed by atoms with Crippen molar-refractivity contribution >= 4 is 0 Å². The molecule has 0 saturated carbocycles. The minimum Gasteiger partial charge on any atom is -0.496 e. The molecule has 28 heavy (non-hydrogen) atoms. The number of ether oxygens (including phenoxy) is 2. The number of hydrogen-bond acceptors (Lipinski definition) is 3. The van der Waals surface area contributed by atoms with Crippen molar-refractivity contribution in [3.8, 4) is 22.6 Å². The van der Waals surface area contributed by atoms with Gasteiger partial charge in [-0.1, -0.05) is 48.5 Å². The van der Waals surface area contributed by atoms with Crippen LogP contribution in [0.2, 0.25) is 0 Å². The predicted octanol–water partition coefficient (Wildman–Crippen LogP) is 5.00. The van der Waals surface area contributed by atoms with E-state index in [9.17, 15) is 0 Å². The highest BCUT2D eigenvalue weighted by Crippen LogP contribution is 2.30. The standard InChI is InChI=1S/C25H27NO2/c1-27-25-5-3-2-4-24(25)20-9-6-18(7-10-20)17-28-23-13-12-21-14-19(16-26)8-11-22(21)15-23/h2-7,9-10,12-13,15,19H,8,11,14,16-17,26H2,1H3. The number of rotatable bonds is 6. The number of para-hydroxylation sites is 1. The molecule has 0 radical (unpaired) electrons. The molecule has 0 heterocycles. The third-order valence-corrected chi connectivity index (χ3v) is 5.62. The Balaban J connectivity index is 1.42. The normalized spacial score (nSPS) is 15.7. The van der Waals surface area contributed by atoms with Crippen LogP contribution in [0.1, 0.15) is 23.1 Å². The van der Waals surface area contributed by atoms with Gasteiger partial charge < -0.3 is 15.2 Å². The number of hydrogen-bond donors (Lipinski definition) is 1. The summed E-state index contributed by atoms with van der Waals surface area (Å²) in [4.78, 5) is 0. The fraction of sp³-hybridized carbons (Fsp3) is 0.280. The summed E-state index contributed by atoms with van der Waals surface area (Å²) in [5.74, 6) is 2.46. The van der Waals surface area contributed by atoms with Gasteiger partial charge in [0.25, 0.3) is 0 Å². The first kappa shape index (κ1) is 18.6. The Morgan fingerprint density at radius 2 is 1.79 bits per heavy atom. The lowest BCUT2D eigenvalue weighted by Gasteiger charge is -2.23. The van der Waals surface area contributed by atoms with Gasteiger partial charge in [0.15, 0.2) is 0 Å². The lowest BCUT2D eigenvalue weighted by Crippen LogP contribution is -2.22. The second kappa shape index (κ2) is 8.49. The zero-order valence-electron chi connectivity index (χ0n) is 16.4. The summed E-state index contributed by atoms with van der Waals surface area (Å²) in [6.07, 6.45) is 3.37. The average Bonchev–Trinajstić information content (AvgIpc) is 2.77. The Labute approximate surface area is 167 Å². The second-order valence-corrected chi connectivity index (χ2v) is 7.46. The summed E-state index contributed by atoms with van der Waals surface area (Å²) in [6, 6.07) is 23.0. The molecule has 4 rings (SSSR count). The van der Waals surface area contributed by atoms with E-state index in [0.29, 0.717) is 12.5 Å². The molecule has 3 aromatic carbocycles. The molecule has 1 aliphatic carbocycles. The molecular weight excluding hydrogens is 346 g/mol. The van der Waals surface area contributed by atoms with Crippen molar-refractivity contribution in [1.82, 2.24) is 0 Å². The summed E-state index contributed by atoms with van der Waals surface area (Å²) < 4.78 is 11.5. The molecule has 0 bridgehead atoms. The van der Waals surface area contributed by atoms with Gasteiger partial charge in [-0.05, 0) is 72.2 Å². The van der Waals surface area contributed by atoms with Gasteiger partial charge in [0.1, 0.15) is 18.1 Å². The molecule has 3 heteroatoms. The lowest BCUT2D eigenvalue weighted by molar-refractivity contribution is 0.305. The molecule has 144 valence electrons. The number of methoxy groups -OCH3 is 1. The van der Waals surface area contributed by atoms with E-state index in [1.165, 1.54) is 17.5 Å². The second-order valence-electron chi connectivity index (χ2n) is 7.46. The molecule has 1 aliphatic rings. The lowest BCUT2D eigenvalue weighted by atomic mass is 9.84. The molecule has 0 saturated heterocycles. The fourth-order valence-electron chi connectivity index (χ4n) is 3.93. The van der Waals surface area contributed by atoms with Gasteiger partial charge in [0, 0.05) is 5.56 Å². The SMILES string of the molecule is COc1ccccc1-c1ccc(COc2ccc3c(c2)CCC(CN)C3)cc1. The minimum atomic E-state index is 0.566. The fourth-order valence-corrected chi connectivity index (χ4v) is 3.93. The highest BCUT2D eigenvalue weighted by molar-refractivity contribution is 5.70. The zero-order chi connectivity index (χ0) is 19.3. The van der Waals surface area contributed by atoms with E-state index >= 15 is 0 Å². The number of nitrogens with two attached hydrogens (primary N) is 1. The topological polar surface area (TPSA) is 44.5 Å². The van der Waals surface area contributed by atoms with Gasteiger partial charge in [0.05, 0.1) is 7.11 Å². The van der Waals surface area contributed by atoms with E-state index < -0.39 is 0 Å². The van der Waals surface area contributed by atoms with Crippen LogP contribution in [0.5, 0.6) is 11.5 Å². The molecule has 3 nitrogen and oxygen atoms in total. The van der Waals surface area contributed by atoms with E-state index in [0.717, 1.165) is 47.6 Å². The van der Waals surface area contributed by atoms with E-state index in [4.69, 9.17) is 15.2 Å². The maximum atomic E-state index is 6.05. The number of benzene rings is 3. The summed E-state index contributed by atoms with van der Waals surface area (Å²) in [5, 5.41) is 0. The third-order valence-electron chi connectivity index (χ3n) is 5.62. The molecular formula is C25H27NO2. The van der Waals surface area contributed by atoms with E-state index in [1.54, 1.807) is 7.11 Å². The summed E-state index contributed by atoms with van der Waals surface area (Å²) in [5.41, 5.74) is 12.1. The summed E-state index contributed by atoms with van der Waals surface area (Å²) >= 11 is 0. The van der Waals surface area contributed by atoms with Gasteiger partial charge in [-0.3, -0.25) is 0 Å². The van der Waals surface area contributed by atoms with E-state index in [2.05, 4.69) is 48.5 Å². The largest absolute Gasteiger partial charge is 0.496 e. The Hall–Kier alpha value is -2.78. The Morgan fingerprint density at radius 1 is 0.964 bits per heavy atom. The first-order valence-corrected chi connectivity index (χ1v) is 9.94. The monoisotopic (exact) mass is 373 g/mol. The van der Waals surface area contributed by atoms with Crippen LogP contribution in [0.25, 0.3) is 11.1 Å². The molecule has 3 aromatic rings. The highest BCUT2D eigenvalue weighted by Gasteiger charge is 2.17. The molecule has 0 aliphatic heterocycles. The average molecular weight is 373 g/mol. The van der Waals surface area contributed by atoms with Crippen LogP contribution in [0, 0.1) is 5.92 Å². The first-order chi connectivity index (χ1) is 13.8. The highest BCUT2D eigenvalue weighted by atomic mass is 16.5. The maximum absolute atomic E-state index is 6.05. The summed E-state index contributed by atoms with van der Waals surface area (Å²) in [7, 11) is 1.70. The zero-order valence-corrected chi connectivity index (χ0v) is 16.4.